The van der Waals surface area contributed by atoms with Crippen LogP contribution in [0.15, 0.2) is 67.3 Å². The predicted molar refractivity (Wildman–Crippen MR) is 149 cm³/mol. The summed E-state index contributed by atoms with van der Waals surface area (Å²) in [4.78, 5) is 39.6. The standard InChI is InChI=1S/C30H27F2N7O3/c1-42-17-28(41)37-12-9-23(10-13-37)38-18-34-29(19-2-4-21(31)5-3-19)30(38)24-6-7-27-35-22(16-39(27)36-24)15-25(40)20-8-11-33-26(32)14-20/h2-8,11,14,16,18,23H,9-10,12-13,15,17H2,1H3. The fourth-order valence-corrected chi connectivity index (χ4v) is 5.30. The zero-order valence-corrected chi connectivity index (χ0v) is 22.8. The maximum absolute atomic E-state index is 13.7. The van der Waals surface area contributed by atoms with Crippen molar-refractivity contribution in [2.24, 2.45) is 0 Å². The van der Waals surface area contributed by atoms with Gasteiger partial charge in [-0.05, 0) is 55.3 Å². The number of nitrogens with zero attached hydrogens (tertiary/aromatic N) is 7. The molecule has 0 saturated carbocycles. The molecule has 0 atom stereocenters. The van der Waals surface area contributed by atoms with Gasteiger partial charge in [-0.3, -0.25) is 9.59 Å². The molecule has 42 heavy (non-hydrogen) atoms. The van der Waals surface area contributed by atoms with Gasteiger partial charge in [-0.25, -0.2) is 23.9 Å². The first kappa shape index (κ1) is 27.3. The number of benzene rings is 1. The van der Waals surface area contributed by atoms with Crippen molar-refractivity contribution in [1.82, 2.24) is 34.0 Å². The van der Waals surface area contributed by atoms with Gasteiger partial charge in [0, 0.05) is 49.6 Å². The summed E-state index contributed by atoms with van der Waals surface area (Å²) >= 11 is 0. The molecule has 1 aromatic carbocycles. The lowest BCUT2D eigenvalue weighted by Gasteiger charge is -2.33. The van der Waals surface area contributed by atoms with Crippen molar-refractivity contribution in [3.05, 3.63) is 90.3 Å². The highest BCUT2D eigenvalue weighted by Gasteiger charge is 2.28. The zero-order chi connectivity index (χ0) is 29.2. The quantitative estimate of drug-likeness (QED) is 0.203. The fourth-order valence-electron chi connectivity index (χ4n) is 5.30. The number of Topliss-reactive ketones (excluding diaryl/α,β-unsaturated/α-hetero) is 1. The van der Waals surface area contributed by atoms with Gasteiger partial charge in [0.25, 0.3) is 0 Å². The minimum atomic E-state index is -0.719. The number of amides is 1. The third-order valence-electron chi connectivity index (χ3n) is 7.39. The van der Waals surface area contributed by atoms with E-state index < -0.39 is 5.95 Å². The van der Waals surface area contributed by atoms with Gasteiger partial charge in [0.1, 0.15) is 18.1 Å². The number of imidazole rings is 2. The van der Waals surface area contributed by atoms with Crippen LogP contribution in [0.1, 0.15) is 34.9 Å². The monoisotopic (exact) mass is 571 g/mol. The molecule has 0 radical (unpaired) electrons. The molecule has 12 heteroatoms. The van der Waals surface area contributed by atoms with Gasteiger partial charge >= 0.3 is 0 Å². The molecule has 1 saturated heterocycles. The first-order valence-corrected chi connectivity index (χ1v) is 13.5. The number of rotatable bonds is 8. The number of hydrogen-bond acceptors (Lipinski definition) is 7. The molecule has 0 aliphatic carbocycles. The van der Waals surface area contributed by atoms with E-state index in [1.165, 1.54) is 31.5 Å². The van der Waals surface area contributed by atoms with E-state index in [2.05, 4.69) is 14.5 Å². The number of ether oxygens (including phenoxy) is 1. The highest BCUT2D eigenvalue weighted by molar-refractivity contribution is 5.97. The van der Waals surface area contributed by atoms with Crippen LogP contribution in [0.4, 0.5) is 8.78 Å². The number of carbonyl (C=O) groups is 2. The summed E-state index contributed by atoms with van der Waals surface area (Å²) in [6, 6.07) is 12.4. The third kappa shape index (κ3) is 5.53. The molecule has 1 aliphatic heterocycles. The number of fused-ring (bicyclic) bond motifs is 1. The van der Waals surface area contributed by atoms with Crippen molar-refractivity contribution in [2.75, 3.05) is 26.8 Å². The van der Waals surface area contributed by atoms with Crippen molar-refractivity contribution in [3.63, 3.8) is 0 Å². The summed E-state index contributed by atoms with van der Waals surface area (Å²) in [7, 11) is 1.51. The Balaban J connectivity index is 1.33. The summed E-state index contributed by atoms with van der Waals surface area (Å²) in [5.74, 6) is -1.39. The average molecular weight is 572 g/mol. The number of pyridine rings is 1. The first-order chi connectivity index (χ1) is 20.4. The van der Waals surface area contributed by atoms with Crippen LogP contribution < -0.4 is 0 Å². The highest BCUT2D eigenvalue weighted by atomic mass is 19.1. The summed E-state index contributed by atoms with van der Waals surface area (Å²) in [5.41, 5.74) is 4.00. The van der Waals surface area contributed by atoms with Gasteiger partial charge in [0.15, 0.2) is 11.4 Å². The number of carbonyl (C=O) groups excluding carboxylic acids is 2. The Morgan fingerprint density at radius 2 is 1.81 bits per heavy atom. The molecule has 1 amide bonds. The number of methoxy groups -OCH3 is 1. The number of halogens is 2. The molecule has 0 spiro atoms. The molecule has 4 aromatic heterocycles. The topological polar surface area (TPSA) is 108 Å². The predicted octanol–water partition coefficient (Wildman–Crippen LogP) is 4.17. The van der Waals surface area contributed by atoms with E-state index in [1.54, 1.807) is 40.1 Å². The van der Waals surface area contributed by atoms with Gasteiger partial charge < -0.3 is 14.2 Å². The molecule has 1 aliphatic rings. The molecule has 5 aromatic rings. The molecular formula is C30H27F2N7O3. The lowest BCUT2D eigenvalue weighted by Crippen LogP contribution is -2.40. The van der Waals surface area contributed by atoms with Gasteiger partial charge in [0.05, 0.1) is 36.0 Å². The van der Waals surface area contributed by atoms with Crippen LogP contribution in [0.25, 0.3) is 28.3 Å². The van der Waals surface area contributed by atoms with Gasteiger partial charge in [-0.1, -0.05) is 0 Å². The Morgan fingerprint density at radius 3 is 2.55 bits per heavy atom. The molecule has 5 heterocycles. The van der Waals surface area contributed by atoms with E-state index in [9.17, 15) is 18.4 Å². The number of likely N-dealkylation sites (tertiary alicyclic amines) is 1. The SMILES string of the molecule is COCC(=O)N1CCC(n2cnc(-c3ccc(F)cc3)c2-c2ccc3nc(CC(=O)c4ccnc(F)c4)cn3n2)CC1. The molecule has 214 valence electrons. The molecule has 0 unspecified atom stereocenters. The Hall–Kier alpha value is -4.84. The van der Waals surface area contributed by atoms with Crippen molar-refractivity contribution in [2.45, 2.75) is 25.3 Å². The highest BCUT2D eigenvalue weighted by Crippen LogP contribution is 2.35. The lowest BCUT2D eigenvalue weighted by atomic mass is 10.0. The van der Waals surface area contributed by atoms with Gasteiger partial charge in [0.2, 0.25) is 11.9 Å². The van der Waals surface area contributed by atoms with E-state index >= 15 is 0 Å². The number of ketones is 1. The minimum Gasteiger partial charge on any atom is -0.375 e. The Morgan fingerprint density at radius 1 is 1.02 bits per heavy atom. The number of hydrogen-bond donors (Lipinski definition) is 0. The molecular weight excluding hydrogens is 544 g/mol. The van der Waals surface area contributed by atoms with E-state index in [0.717, 1.165) is 30.2 Å². The smallest absolute Gasteiger partial charge is 0.248 e. The van der Waals surface area contributed by atoms with Gasteiger partial charge in [-0.15, -0.1) is 0 Å². The maximum Gasteiger partial charge on any atom is 0.248 e. The lowest BCUT2D eigenvalue weighted by molar-refractivity contribution is -0.136. The molecule has 10 nitrogen and oxygen atoms in total. The van der Waals surface area contributed by atoms with Crippen LogP contribution in [0.5, 0.6) is 0 Å². The number of piperidine rings is 1. The zero-order valence-electron chi connectivity index (χ0n) is 22.8. The second-order valence-corrected chi connectivity index (χ2v) is 10.1. The second-order valence-electron chi connectivity index (χ2n) is 10.1. The van der Waals surface area contributed by atoms with Crippen LogP contribution in [-0.2, 0) is 16.0 Å². The van der Waals surface area contributed by atoms with Crippen molar-refractivity contribution < 1.29 is 23.1 Å². The van der Waals surface area contributed by atoms with E-state index in [4.69, 9.17) is 14.8 Å². The first-order valence-electron chi connectivity index (χ1n) is 13.5. The Bertz CT molecular complexity index is 1760. The Kier molecular flexibility index (Phi) is 7.53. The second kappa shape index (κ2) is 11.6. The molecule has 1 fully saturated rings. The largest absolute Gasteiger partial charge is 0.375 e. The summed E-state index contributed by atoms with van der Waals surface area (Å²) in [5, 5.41) is 4.82. The fraction of sp³-hybridized carbons (Fsp3) is 0.267. The van der Waals surface area contributed by atoms with Crippen LogP contribution >= 0.6 is 0 Å². The van der Waals surface area contributed by atoms with Crippen molar-refractivity contribution >= 4 is 17.3 Å². The maximum atomic E-state index is 13.7. The molecule has 0 bridgehead atoms. The normalized spacial score (nSPS) is 14.0. The van der Waals surface area contributed by atoms with Crippen LogP contribution in [0.3, 0.4) is 0 Å². The molecule has 0 N–H and O–H groups in total. The number of aromatic nitrogens is 6. The summed E-state index contributed by atoms with van der Waals surface area (Å²) in [6.45, 7) is 1.23. The molecule has 6 rings (SSSR count). The van der Waals surface area contributed by atoms with Gasteiger partial charge in [-0.2, -0.15) is 9.49 Å². The van der Waals surface area contributed by atoms with Crippen LogP contribution in [-0.4, -0.2) is 72.5 Å². The summed E-state index contributed by atoms with van der Waals surface area (Å²) < 4.78 is 35.9. The van der Waals surface area contributed by atoms with Crippen LogP contribution in [0, 0.1) is 11.8 Å². The summed E-state index contributed by atoms with van der Waals surface area (Å²) in [6.07, 6.45) is 6.10. The van der Waals surface area contributed by atoms with Crippen molar-refractivity contribution in [1.29, 1.82) is 0 Å². The van der Waals surface area contributed by atoms with E-state index in [1.807, 2.05) is 6.07 Å². The average Bonchev–Trinajstić information content (AvgIpc) is 3.61. The van der Waals surface area contributed by atoms with E-state index in [0.29, 0.717) is 35.8 Å². The third-order valence-corrected chi connectivity index (χ3v) is 7.39. The van der Waals surface area contributed by atoms with E-state index in [-0.39, 0.29) is 42.1 Å². The van der Waals surface area contributed by atoms with Crippen LogP contribution in [0.2, 0.25) is 0 Å². The van der Waals surface area contributed by atoms with Crippen molar-refractivity contribution in [3.8, 4) is 22.6 Å². The minimum absolute atomic E-state index is 0.0265. The Labute approximate surface area is 239 Å².